The van der Waals surface area contributed by atoms with Crippen LogP contribution in [-0.2, 0) is 4.74 Å². The Bertz CT molecular complexity index is 390. The van der Waals surface area contributed by atoms with Crippen LogP contribution in [0.2, 0.25) is 0 Å². The molecular weight excluding hydrogens is 222 g/mol. The lowest BCUT2D eigenvalue weighted by molar-refractivity contribution is 0.105. The zero-order valence-corrected chi connectivity index (χ0v) is 10.5. The number of nitrogens with one attached hydrogen (secondary N) is 1. The fourth-order valence-electron chi connectivity index (χ4n) is 2.04. The Kier molecular flexibility index (Phi) is 2.40. The lowest BCUT2D eigenvalue weighted by Crippen LogP contribution is -2.41. The average molecular weight is 239 g/mol. The molecule has 0 amide bonds. The van der Waals surface area contributed by atoms with Gasteiger partial charge in [0.05, 0.1) is 11.6 Å². The van der Waals surface area contributed by atoms with Crippen LogP contribution >= 0.6 is 11.5 Å². The van der Waals surface area contributed by atoms with Crippen molar-refractivity contribution in [3.05, 3.63) is 5.82 Å². The van der Waals surface area contributed by atoms with Gasteiger partial charge in [-0.05, 0) is 33.1 Å². The fraction of sp³-hybridized carbons (Fsp3) is 0.818. The molecule has 88 valence electrons. The molecule has 5 heteroatoms. The molecular formula is C11H17N3OS. The van der Waals surface area contributed by atoms with E-state index in [1.165, 1.54) is 24.4 Å². The van der Waals surface area contributed by atoms with Crippen molar-refractivity contribution in [2.75, 3.05) is 11.9 Å². The number of rotatable bonds is 3. The number of ether oxygens (including phenoxy) is 1. The molecule has 1 aromatic heterocycles. The summed E-state index contributed by atoms with van der Waals surface area (Å²) >= 11 is 1.48. The molecule has 4 nitrogen and oxygen atoms in total. The van der Waals surface area contributed by atoms with Crippen molar-refractivity contribution in [1.82, 2.24) is 9.36 Å². The topological polar surface area (TPSA) is 47.0 Å². The molecule has 16 heavy (non-hydrogen) atoms. The second-order valence-corrected chi connectivity index (χ2v) is 5.79. The van der Waals surface area contributed by atoms with Crippen LogP contribution in [0.5, 0.6) is 0 Å². The minimum Gasteiger partial charge on any atom is -0.376 e. The Morgan fingerprint density at radius 3 is 2.94 bits per heavy atom. The molecule has 2 unspecified atom stereocenters. The van der Waals surface area contributed by atoms with Gasteiger partial charge in [-0.25, -0.2) is 4.98 Å². The Balaban J connectivity index is 1.72. The number of nitrogens with zero attached hydrogens (tertiary/aromatic N) is 2. The predicted octanol–water partition coefficient (Wildman–Crippen LogP) is 2.39. The normalized spacial score (nSPS) is 34.2. The van der Waals surface area contributed by atoms with Crippen LogP contribution in [0.15, 0.2) is 0 Å². The van der Waals surface area contributed by atoms with Gasteiger partial charge in [-0.1, -0.05) is 0 Å². The summed E-state index contributed by atoms with van der Waals surface area (Å²) in [7, 11) is 0. The third-order valence-corrected chi connectivity index (χ3v) is 4.31. The van der Waals surface area contributed by atoms with Crippen LogP contribution < -0.4 is 5.32 Å². The van der Waals surface area contributed by atoms with Crippen LogP contribution in [0.4, 0.5) is 5.13 Å². The molecule has 1 aliphatic heterocycles. The van der Waals surface area contributed by atoms with E-state index >= 15 is 0 Å². The molecule has 0 aromatic carbocycles. The first kappa shape index (κ1) is 10.5. The van der Waals surface area contributed by atoms with E-state index in [4.69, 9.17) is 4.74 Å². The highest BCUT2D eigenvalue weighted by Crippen LogP contribution is 2.40. The summed E-state index contributed by atoms with van der Waals surface area (Å²) < 4.78 is 10.0. The zero-order chi connectivity index (χ0) is 11.2. The quantitative estimate of drug-likeness (QED) is 0.880. The second kappa shape index (κ2) is 3.67. The van der Waals surface area contributed by atoms with Gasteiger partial charge in [0.15, 0.2) is 0 Å². The van der Waals surface area contributed by atoms with Crippen LogP contribution in [0.1, 0.15) is 44.9 Å². The third-order valence-electron chi connectivity index (χ3n) is 3.66. The molecule has 0 spiro atoms. The van der Waals surface area contributed by atoms with Crippen molar-refractivity contribution < 1.29 is 4.74 Å². The lowest BCUT2D eigenvalue weighted by Gasteiger charge is -2.28. The van der Waals surface area contributed by atoms with E-state index in [9.17, 15) is 0 Å². The van der Waals surface area contributed by atoms with Gasteiger partial charge < -0.3 is 10.1 Å². The Labute approximate surface area is 99.6 Å². The van der Waals surface area contributed by atoms with Crippen molar-refractivity contribution in [2.24, 2.45) is 0 Å². The molecule has 2 aliphatic rings. The molecule has 1 aromatic rings. The first-order valence-corrected chi connectivity index (χ1v) is 6.68. The Morgan fingerprint density at radius 1 is 1.50 bits per heavy atom. The smallest absolute Gasteiger partial charge is 0.203 e. The summed E-state index contributed by atoms with van der Waals surface area (Å²) in [5.74, 6) is 1.67. The van der Waals surface area contributed by atoms with Gasteiger partial charge in [-0.3, -0.25) is 0 Å². The van der Waals surface area contributed by atoms with E-state index < -0.39 is 0 Å². The molecule has 1 saturated carbocycles. The van der Waals surface area contributed by atoms with E-state index in [-0.39, 0.29) is 11.6 Å². The van der Waals surface area contributed by atoms with Crippen molar-refractivity contribution >= 4 is 16.7 Å². The van der Waals surface area contributed by atoms with Crippen LogP contribution in [-0.4, -0.2) is 27.6 Å². The number of hydrogen-bond donors (Lipinski definition) is 1. The SMILES string of the molecule is CC1OCCC1(C)Nc1nc(C2CC2)ns1. The highest BCUT2D eigenvalue weighted by molar-refractivity contribution is 7.09. The van der Waals surface area contributed by atoms with Gasteiger partial charge in [-0.2, -0.15) is 4.37 Å². The van der Waals surface area contributed by atoms with E-state index in [2.05, 4.69) is 28.5 Å². The summed E-state index contributed by atoms with van der Waals surface area (Å²) in [6.45, 7) is 5.14. The Hall–Kier alpha value is -0.680. The number of aromatic nitrogens is 2. The van der Waals surface area contributed by atoms with Gasteiger partial charge in [0.25, 0.3) is 0 Å². The van der Waals surface area contributed by atoms with E-state index in [0.717, 1.165) is 24.0 Å². The summed E-state index contributed by atoms with van der Waals surface area (Å²) in [6.07, 6.45) is 3.78. The van der Waals surface area contributed by atoms with Gasteiger partial charge in [0, 0.05) is 24.1 Å². The van der Waals surface area contributed by atoms with Gasteiger partial charge in [-0.15, -0.1) is 0 Å². The van der Waals surface area contributed by atoms with Crippen LogP contribution in [0, 0.1) is 0 Å². The number of anilines is 1. The van der Waals surface area contributed by atoms with Gasteiger partial charge >= 0.3 is 0 Å². The number of hydrogen-bond acceptors (Lipinski definition) is 5. The molecule has 1 aliphatic carbocycles. The fourth-order valence-corrected chi connectivity index (χ4v) is 2.82. The van der Waals surface area contributed by atoms with Crippen molar-refractivity contribution in [2.45, 2.75) is 50.7 Å². The summed E-state index contributed by atoms with van der Waals surface area (Å²) in [6, 6.07) is 0. The zero-order valence-electron chi connectivity index (χ0n) is 9.69. The third kappa shape index (κ3) is 1.82. The maximum atomic E-state index is 5.60. The first-order valence-electron chi connectivity index (χ1n) is 5.91. The lowest BCUT2D eigenvalue weighted by atomic mass is 9.95. The average Bonchev–Trinajstić information content (AvgIpc) is 2.92. The monoisotopic (exact) mass is 239 g/mol. The highest BCUT2D eigenvalue weighted by Gasteiger charge is 2.38. The maximum Gasteiger partial charge on any atom is 0.203 e. The van der Waals surface area contributed by atoms with Gasteiger partial charge in [0.1, 0.15) is 5.82 Å². The minimum absolute atomic E-state index is 0.0142. The molecule has 2 heterocycles. The molecule has 2 atom stereocenters. The minimum atomic E-state index is 0.0142. The van der Waals surface area contributed by atoms with Crippen LogP contribution in [0.3, 0.4) is 0 Å². The summed E-state index contributed by atoms with van der Waals surface area (Å²) in [5, 5.41) is 4.44. The van der Waals surface area contributed by atoms with E-state index in [1.807, 2.05) is 0 Å². The van der Waals surface area contributed by atoms with Crippen molar-refractivity contribution in [3.63, 3.8) is 0 Å². The van der Waals surface area contributed by atoms with Gasteiger partial charge in [0.2, 0.25) is 5.13 Å². The Morgan fingerprint density at radius 2 is 2.31 bits per heavy atom. The summed E-state index contributed by atoms with van der Waals surface area (Å²) in [5.41, 5.74) is 0.0142. The van der Waals surface area contributed by atoms with Crippen molar-refractivity contribution in [3.8, 4) is 0 Å². The highest BCUT2D eigenvalue weighted by atomic mass is 32.1. The second-order valence-electron chi connectivity index (χ2n) is 5.04. The predicted molar refractivity (Wildman–Crippen MR) is 63.9 cm³/mol. The van der Waals surface area contributed by atoms with Crippen molar-refractivity contribution in [1.29, 1.82) is 0 Å². The molecule has 3 rings (SSSR count). The first-order chi connectivity index (χ1) is 7.67. The molecule has 1 N–H and O–H groups in total. The summed E-state index contributed by atoms with van der Waals surface area (Å²) in [4.78, 5) is 4.56. The van der Waals surface area contributed by atoms with Crippen LogP contribution in [0.25, 0.3) is 0 Å². The molecule has 0 bridgehead atoms. The largest absolute Gasteiger partial charge is 0.376 e. The standard InChI is InChI=1S/C11H17N3OS/c1-7-11(2,5-6-15-7)13-10-12-9(14-16-10)8-3-4-8/h7-8H,3-6H2,1-2H3,(H,12,13,14). The molecule has 2 fully saturated rings. The van der Waals surface area contributed by atoms with E-state index in [0.29, 0.717) is 5.92 Å². The maximum absolute atomic E-state index is 5.60. The molecule has 0 radical (unpaired) electrons. The molecule has 1 saturated heterocycles. The van der Waals surface area contributed by atoms with E-state index in [1.54, 1.807) is 0 Å².